The van der Waals surface area contributed by atoms with Crippen molar-refractivity contribution in [3.63, 3.8) is 0 Å². The SMILES string of the molecule is COC(C)(C)CCNC(C)(C)c1nccs1. The summed E-state index contributed by atoms with van der Waals surface area (Å²) in [5, 5.41) is 6.66. The Morgan fingerprint density at radius 1 is 1.38 bits per heavy atom. The van der Waals surface area contributed by atoms with Gasteiger partial charge in [-0.05, 0) is 40.7 Å². The van der Waals surface area contributed by atoms with Crippen LogP contribution in [0.15, 0.2) is 11.6 Å². The standard InChI is InChI=1S/C12H22N2OS/c1-11(2,15-5)6-7-14-12(3,4)10-13-8-9-16-10/h8-9,14H,6-7H2,1-5H3. The molecule has 0 aliphatic carbocycles. The monoisotopic (exact) mass is 242 g/mol. The van der Waals surface area contributed by atoms with Gasteiger partial charge in [0, 0.05) is 18.7 Å². The highest BCUT2D eigenvalue weighted by Gasteiger charge is 2.24. The van der Waals surface area contributed by atoms with Crippen LogP contribution >= 0.6 is 11.3 Å². The summed E-state index contributed by atoms with van der Waals surface area (Å²) >= 11 is 1.69. The zero-order chi connectivity index (χ0) is 12.2. The fourth-order valence-corrected chi connectivity index (χ4v) is 2.12. The smallest absolute Gasteiger partial charge is 0.112 e. The summed E-state index contributed by atoms with van der Waals surface area (Å²) in [6.45, 7) is 9.45. The van der Waals surface area contributed by atoms with Gasteiger partial charge in [-0.1, -0.05) is 0 Å². The van der Waals surface area contributed by atoms with E-state index in [1.807, 2.05) is 11.6 Å². The lowest BCUT2D eigenvalue weighted by molar-refractivity contribution is 0.0145. The summed E-state index contributed by atoms with van der Waals surface area (Å²) < 4.78 is 5.39. The molecule has 0 aromatic carbocycles. The van der Waals surface area contributed by atoms with Crippen molar-refractivity contribution in [1.29, 1.82) is 0 Å². The van der Waals surface area contributed by atoms with E-state index in [2.05, 4.69) is 38.0 Å². The number of nitrogens with zero attached hydrogens (tertiary/aromatic N) is 1. The van der Waals surface area contributed by atoms with Crippen LogP contribution in [0.5, 0.6) is 0 Å². The number of methoxy groups -OCH3 is 1. The van der Waals surface area contributed by atoms with Gasteiger partial charge in [-0.3, -0.25) is 0 Å². The van der Waals surface area contributed by atoms with E-state index >= 15 is 0 Å². The minimum atomic E-state index is -0.0635. The number of thiazole rings is 1. The van der Waals surface area contributed by atoms with Gasteiger partial charge >= 0.3 is 0 Å². The molecule has 0 aliphatic heterocycles. The van der Waals surface area contributed by atoms with Crippen molar-refractivity contribution in [2.75, 3.05) is 13.7 Å². The predicted octanol–water partition coefficient (Wildman–Crippen LogP) is 2.78. The molecule has 92 valence electrons. The second-order valence-corrected chi connectivity index (χ2v) is 6.00. The summed E-state index contributed by atoms with van der Waals surface area (Å²) in [7, 11) is 1.76. The van der Waals surface area contributed by atoms with Crippen LogP contribution in [0.2, 0.25) is 0 Å². The van der Waals surface area contributed by atoms with Crippen LogP contribution in [0.4, 0.5) is 0 Å². The zero-order valence-electron chi connectivity index (χ0n) is 10.8. The van der Waals surface area contributed by atoms with Crippen molar-refractivity contribution < 1.29 is 4.74 Å². The number of hydrogen-bond donors (Lipinski definition) is 1. The van der Waals surface area contributed by atoms with Gasteiger partial charge in [-0.15, -0.1) is 11.3 Å². The third-order valence-corrected chi connectivity index (χ3v) is 3.91. The van der Waals surface area contributed by atoms with Crippen LogP contribution in [0.3, 0.4) is 0 Å². The Morgan fingerprint density at radius 3 is 2.56 bits per heavy atom. The lowest BCUT2D eigenvalue weighted by atomic mass is 10.0. The molecule has 4 heteroatoms. The molecule has 1 N–H and O–H groups in total. The molecule has 0 spiro atoms. The molecule has 1 rings (SSSR count). The molecule has 0 amide bonds. The maximum Gasteiger partial charge on any atom is 0.112 e. The van der Waals surface area contributed by atoms with Crippen molar-refractivity contribution in [2.24, 2.45) is 0 Å². The molecular weight excluding hydrogens is 220 g/mol. The van der Waals surface area contributed by atoms with E-state index in [1.165, 1.54) is 0 Å². The third-order valence-electron chi connectivity index (χ3n) is 2.81. The first-order valence-corrected chi connectivity index (χ1v) is 6.45. The van der Waals surface area contributed by atoms with Crippen LogP contribution in [0.1, 0.15) is 39.1 Å². The topological polar surface area (TPSA) is 34.1 Å². The Balaban J connectivity index is 2.43. The maximum atomic E-state index is 5.39. The highest BCUT2D eigenvalue weighted by Crippen LogP contribution is 2.22. The van der Waals surface area contributed by atoms with Crippen molar-refractivity contribution in [1.82, 2.24) is 10.3 Å². The molecule has 0 fully saturated rings. The second kappa shape index (κ2) is 5.25. The van der Waals surface area contributed by atoms with Crippen LogP contribution in [-0.2, 0) is 10.3 Å². The van der Waals surface area contributed by atoms with E-state index in [9.17, 15) is 0 Å². The molecule has 1 heterocycles. The molecule has 16 heavy (non-hydrogen) atoms. The minimum Gasteiger partial charge on any atom is -0.379 e. The van der Waals surface area contributed by atoms with Crippen molar-refractivity contribution in [3.05, 3.63) is 16.6 Å². The summed E-state index contributed by atoms with van der Waals surface area (Å²) in [6, 6.07) is 0. The molecule has 1 aromatic rings. The third kappa shape index (κ3) is 3.85. The Hall–Kier alpha value is -0.450. The molecule has 0 radical (unpaired) electrons. The van der Waals surface area contributed by atoms with E-state index in [0.29, 0.717) is 0 Å². The summed E-state index contributed by atoms with van der Waals surface area (Å²) in [4.78, 5) is 4.35. The minimum absolute atomic E-state index is 0.0576. The number of hydrogen-bond acceptors (Lipinski definition) is 4. The highest BCUT2D eigenvalue weighted by atomic mass is 32.1. The van der Waals surface area contributed by atoms with E-state index in [-0.39, 0.29) is 11.1 Å². The van der Waals surface area contributed by atoms with E-state index in [4.69, 9.17) is 4.74 Å². The highest BCUT2D eigenvalue weighted by molar-refractivity contribution is 7.09. The van der Waals surface area contributed by atoms with Crippen LogP contribution in [0.25, 0.3) is 0 Å². The molecule has 0 unspecified atom stereocenters. The number of nitrogens with one attached hydrogen (secondary N) is 1. The molecular formula is C12H22N2OS. The Bertz CT molecular complexity index is 307. The molecule has 0 bridgehead atoms. The first-order chi connectivity index (χ1) is 7.37. The van der Waals surface area contributed by atoms with Gasteiger partial charge in [0.1, 0.15) is 5.01 Å². The molecule has 0 saturated carbocycles. The molecule has 0 saturated heterocycles. The average Bonchev–Trinajstić information content (AvgIpc) is 2.70. The Kier molecular flexibility index (Phi) is 4.47. The predicted molar refractivity (Wildman–Crippen MR) is 68.8 cm³/mol. The van der Waals surface area contributed by atoms with Crippen molar-refractivity contribution in [2.45, 2.75) is 45.3 Å². The average molecular weight is 242 g/mol. The fourth-order valence-electron chi connectivity index (χ4n) is 1.39. The van der Waals surface area contributed by atoms with E-state index in [0.717, 1.165) is 18.0 Å². The molecule has 3 nitrogen and oxygen atoms in total. The lowest BCUT2D eigenvalue weighted by Crippen LogP contribution is -2.39. The van der Waals surface area contributed by atoms with Gasteiger partial charge in [0.05, 0.1) is 11.1 Å². The maximum absolute atomic E-state index is 5.39. The van der Waals surface area contributed by atoms with Crippen molar-refractivity contribution >= 4 is 11.3 Å². The lowest BCUT2D eigenvalue weighted by Gasteiger charge is -2.28. The quantitative estimate of drug-likeness (QED) is 0.833. The zero-order valence-corrected chi connectivity index (χ0v) is 11.6. The Morgan fingerprint density at radius 2 is 2.06 bits per heavy atom. The number of ether oxygens (including phenoxy) is 1. The van der Waals surface area contributed by atoms with Crippen LogP contribution in [0, 0.1) is 0 Å². The number of rotatable bonds is 6. The molecule has 1 aromatic heterocycles. The summed E-state index contributed by atoms with van der Waals surface area (Å²) in [6.07, 6.45) is 2.83. The first-order valence-electron chi connectivity index (χ1n) is 5.57. The molecule has 0 atom stereocenters. The van der Waals surface area contributed by atoms with Crippen LogP contribution in [-0.4, -0.2) is 24.2 Å². The van der Waals surface area contributed by atoms with Gasteiger partial charge in [0.15, 0.2) is 0 Å². The summed E-state index contributed by atoms with van der Waals surface area (Å²) in [5.41, 5.74) is -0.121. The first kappa shape index (κ1) is 13.6. The fraction of sp³-hybridized carbons (Fsp3) is 0.750. The largest absolute Gasteiger partial charge is 0.379 e. The Labute approximate surface area is 102 Å². The van der Waals surface area contributed by atoms with Gasteiger partial charge in [-0.2, -0.15) is 0 Å². The van der Waals surface area contributed by atoms with Gasteiger partial charge < -0.3 is 10.1 Å². The van der Waals surface area contributed by atoms with E-state index < -0.39 is 0 Å². The van der Waals surface area contributed by atoms with Crippen molar-refractivity contribution in [3.8, 4) is 0 Å². The van der Waals surface area contributed by atoms with E-state index in [1.54, 1.807) is 18.4 Å². The number of aromatic nitrogens is 1. The van der Waals surface area contributed by atoms with Gasteiger partial charge in [-0.25, -0.2) is 4.98 Å². The second-order valence-electron chi connectivity index (χ2n) is 5.10. The van der Waals surface area contributed by atoms with Gasteiger partial charge in [0.2, 0.25) is 0 Å². The van der Waals surface area contributed by atoms with Gasteiger partial charge in [0.25, 0.3) is 0 Å². The van der Waals surface area contributed by atoms with Crippen LogP contribution < -0.4 is 5.32 Å². The normalized spacial score (nSPS) is 13.1. The molecule has 0 aliphatic rings. The summed E-state index contributed by atoms with van der Waals surface area (Å²) in [5.74, 6) is 0.